The maximum absolute atomic E-state index is 12.3. The first-order chi connectivity index (χ1) is 15.5. The molecule has 1 aromatic carbocycles. The summed E-state index contributed by atoms with van der Waals surface area (Å²) in [7, 11) is 5.23. The van der Waals surface area contributed by atoms with Gasteiger partial charge in [-0.1, -0.05) is 18.7 Å². The van der Waals surface area contributed by atoms with E-state index in [-0.39, 0.29) is 23.3 Å². The minimum absolute atomic E-state index is 0.0583. The van der Waals surface area contributed by atoms with E-state index >= 15 is 0 Å². The number of nitrogens with one attached hydrogen (secondary N) is 2. The van der Waals surface area contributed by atoms with Gasteiger partial charge in [0.15, 0.2) is 17.3 Å². The van der Waals surface area contributed by atoms with Crippen molar-refractivity contribution in [3.05, 3.63) is 53.9 Å². The van der Waals surface area contributed by atoms with E-state index in [2.05, 4.69) is 27.2 Å². The molecule has 0 unspecified atom stereocenters. The molecule has 0 spiro atoms. The van der Waals surface area contributed by atoms with E-state index in [9.17, 15) is 14.4 Å². The third kappa shape index (κ3) is 6.52. The van der Waals surface area contributed by atoms with Gasteiger partial charge in [-0.25, -0.2) is 9.97 Å². The van der Waals surface area contributed by atoms with Gasteiger partial charge in [-0.15, -0.1) is 0 Å². The molecule has 0 aliphatic heterocycles. The van der Waals surface area contributed by atoms with Crippen LogP contribution in [0.3, 0.4) is 0 Å². The van der Waals surface area contributed by atoms with Gasteiger partial charge < -0.3 is 26.2 Å². The number of primary amides is 1. The zero-order chi connectivity index (χ0) is 24.7. The molecule has 33 heavy (non-hydrogen) atoms. The summed E-state index contributed by atoms with van der Waals surface area (Å²) in [6, 6.07) is 6.90. The van der Waals surface area contributed by atoms with E-state index in [4.69, 9.17) is 5.73 Å². The molecule has 1 aromatic heterocycles. The number of aromatic nitrogens is 2. The van der Waals surface area contributed by atoms with Crippen molar-refractivity contribution < 1.29 is 14.4 Å². The van der Waals surface area contributed by atoms with Crippen LogP contribution in [0.15, 0.2) is 36.9 Å². The predicted molar refractivity (Wildman–Crippen MR) is 128 cm³/mol. The lowest BCUT2D eigenvalue weighted by Gasteiger charge is -2.22. The molecule has 0 saturated carbocycles. The lowest BCUT2D eigenvalue weighted by Crippen LogP contribution is -2.45. The largest absolute Gasteiger partial charge is 0.364 e. The molecule has 2 aromatic rings. The van der Waals surface area contributed by atoms with Crippen molar-refractivity contribution in [1.82, 2.24) is 20.2 Å². The zero-order valence-corrected chi connectivity index (χ0v) is 19.7. The van der Waals surface area contributed by atoms with Crippen LogP contribution in [0, 0.1) is 6.92 Å². The van der Waals surface area contributed by atoms with Crippen LogP contribution in [0.25, 0.3) is 0 Å². The first kappa shape index (κ1) is 25.3. The fourth-order valence-electron chi connectivity index (χ4n) is 3.12. The lowest BCUT2D eigenvalue weighted by molar-refractivity contribution is -0.135. The second-order valence-electron chi connectivity index (χ2n) is 7.78. The number of aryl methyl sites for hydroxylation is 1. The highest BCUT2D eigenvalue weighted by molar-refractivity contribution is 5.96. The van der Waals surface area contributed by atoms with Crippen LogP contribution in [0.5, 0.6) is 0 Å². The maximum Gasteiger partial charge on any atom is 0.271 e. The molecule has 0 saturated heterocycles. The molecular formula is C23H31N7O3. The number of anilines is 3. The molecule has 0 fully saturated rings. The molecule has 1 atom stereocenters. The van der Waals surface area contributed by atoms with Gasteiger partial charge in [-0.2, -0.15) is 0 Å². The number of hydrogen-bond donors (Lipinski definition) is 3. The lowest BCUT2D eigenvalue weighted by atomic mass is 10.1. The Bertz CT molecular complexity index is 1050. The van der Waals surface area contributed by atoms with Gasteiger partial charge >= 0.3 is 0 Å². The number of rotatable bonds is 10. The average Bonchev–Trinajstić information content (AvgIpc) is 2.78. The Morgan fingerprint density at radius 3 is 2.52 bits per heavy atom. The van der Waals surface area contributed by atoms with E-state index < -0.39 is 11.9 Å². The van der Waals surface area contributed by atoms with Crippen LogP contribution in [0.4, 0.5) is 17.3 Å². The first-order valence-electron chi connectivity index (χ1n) is 10.4. The van der Waals surface area contributed by atoms with Crippen LogP contribution >= 0.6 is 0 Å². The molecule has 10 heteroatoms. The number of nitrogens with two attached hydrogens (primary N) is 1. The monoisotopic (exact) mass is 453 g/mol. The molecule has 2 rings (SSSR count). The number of amides is 3. The molecule has 3 amide bonds. The average molecular weight is 454 g/mol. The van der Waals surface area contributed by atoms with E-state index in [1.807, 2.05) is 38.4 Å². The minimum atomic E-state index is -0.675. The molecule has 10 nitrogen and oxygen atoms in total. The third-order valence-corrected chi connectivity index (χ3v) is 5.09. The molecule has 0 aliphatic carbocycles. The molecule has 176 valence electrons. The van der Waals surface area contributed by atoms with E-state index in [1.54, 1.807) is 25.8 Å². The number of hydrogen-bond acceptors (Lipinski definition) is 7. The summed E-state index contributed by atoms with van der Waals surface area (Å²) < 4.78 is 0. The van der Waals surface area contributed by atoms with E-state index in [0.29, 0.717) is 30.2 Å². The van der Waals surface area contributed by atoms with Crippen LogP contribution in [-0.4, -0.2) is 66.3 Å². The van der Waals surface area contributed by atoms with Gasteiger partial charge in [0.25, 0.3) is 5.91 Å². The van der Waals surface area contributed by atoms with E-state index in [0.717, 1.165) is 5.56 Å². The zero-order valence-electron chi connectivity index (χ0n) is 19.7. The van der Waals surface area contributed by atoms with Crippen molar-refractivity contribution in [2.75, 3.05) is 37.9 Å². The Morgan fingerprint density at radius 2 is 1.91 bits per heavy atom. The Hall–Kier alpha value is -3.95. The molecular weight excluding hydrogens is 422 g/mol. The van der Waals surface area contributed by atoms with Crippen molar-refractivity contribution in [3.63, 3.8) is 0 Å². The highest BCUT2D eigenvalue weighted by atomic mass is 16.2. The van der Waals surface area contributed by atoms with Crippen LogP contribution < -0.4 is 21.3 Å². The van der Waals surface area contributed by atoms with Crippen molar-refractivity contribution in [3.8, 4) is 0 Å². The molecule has 0 aliphatic rings. The van der Waals surface area contributed by atoms with Gasteiger partial charge in [0, 0.05) is 33.4 Å². The van der Waals surface area contributed by atoms with Gasteiger partial charge in [-0.05, 0) is 44.0 Å². The van der Waals surface area contributed by atoms with Gasteiger partial charge in [0.2, 0.25) is 11.8 Å². The van der Waals surface area contributed by atoms with Crippen LogP contribution in [-0.2, 0) is 16.0 Å². The Kier molecular flexibility index (Phi) is 8.49. The second kappa shape index (κ2) is 11.1. The quantitative estimate of drug-likeness (QED) is 0.463. The Morgan fingerprint density at radius 1 is 1.21 bits per heavy atom. The summed E-state index contributed by atoms with van der Waals surface area (Å²) >= 11 is 0. The molecule has 0 bridgehead atoms. The number of benzene rings is 1. The highest BCUT2D eigenvalue weighted by Crippen LogP contribution is 2.23. The smallest absolute Gasteiger partial charge is 0.271 e. The predicted octanol–water partition coefficient (Wildman–Crippen LogP) is 1.39. The standard InChI is InChI=1S/C23H31N7O3/c1-7-18(31)30(6)15(3)23(33)25-12-11-16-9-8-10-17(13-16)27-21-19(20(24)32)26-14(2)22(28-21)29(4)5/h7-10,13,15H,1,11-12H2,2-6H3,(H2,24,32)(H,25,33)(H,27,28)/t15-/m0/s1. The third-order valence-electron chi connectivity index (χ3n) is 5.09. The highest BCUT2D eigenvalue weighted by Gasteiger charge is 2.20. The summed E-state index contributed by atoms with van der Waals surface area (Å²) in [5.74, 6) is -0.352. The number of nitrogens with zero attached hydrogens (tertiary/aromatic N) is 4. The van der Waals surface area contributed by atoms with Crippen molar-refractivity contribution in [2.45, 2.75) is 26.3 Å². The molecule has 1 heterocycles. The molecule has 0 radical (unpaired) electrons. The summed E-state index contributed by atoms with van der Waals surface area (Å²) in [6.07, 6.45) is 1.74. The SMILES string of the molecule is C=CC(=O)N(C)[C@@H](C)C(=O)NCCc1cccc(Nc2nc(N(C)C)c(C)nc2C(N)=O)c1. The summed E-state index contributed by atoms with van der Waals surface area (Å²) in [4.78, 5) is 47.8. The van der Waals surface area contributed by atoms with Crippen LogP contribution in [0.1, 0.15) is 28.7 Å². The van der Waals surface area contributed by atoms with Crippen molar-refractivity contribution in [1.29, 1.82) is 0 Å². The normalized spacial score (nSPS) is 11.3. The second-order valence-corrected chi connectivity index (χ2v) is 7.78. The Labute approximate surface area is 193 Å². The number of carbonyl (C=O) groups is 3. The number of likely N-dealkylation sites (N-methyl/N-ethyl adjacent to an activating group) is 1. The minimum Gasteiger partial charge on any atom is -0.364 e. The fraction of sp³-hybridized carbons (Fsp3) is 0.348. The fourth-order valence-corrected chi connectivity index (χ4v) is 3.12. The first-order valence-corrected chi connectivity index (χ1v) is 10.4. The van der Waals surface area contributed by atoms with Gasteiger partial charge in [0.05, 0.1) is 5.69 Å². The molecule has 4 N–H and O–H groups in total. The van der Waals surface area contributed by atoms with Crippen molar-refractivity contribution in [2.24, 2.45) is 5.73 Å². The summed E-state index contributed by atoms with van der Waals surface area (Å²) in [6.45, 7) is 7.24. The summed E-state index contributed by atoms with van der Waals surface area (Å²) in [5.41, 5.74) is 7.81. The topological polar surface area (TPSA) is 134 Å². The Balaban J connectivity index is 2.09. The van der Waals surface area contributed by atoms with Crippen LogP contribution in [0.2, 0.25) is 0 Å². The maximum atomic E-state index is 12.3. The van der Waals surface area contributed by atoms with Gasteiger partial charge in [0.1, 0.15) is 6.04 Å². The van der Waals surface area contributed by atoms with Crippen molar-refractivity contribution >= 4 is 35.0 Å². The van der Waals surface area contributed by atoms with E-state index in [1.165, 1.54) is 11.0 Å². The van der Waals surface area contributed by atoms with Gasteiger partial charge in [-0.3, -0.25) is 14.4 Å². The summed E-state index contributed by atoms with van der Waals surface area (Å²) in [5, 5.41) is 5.96. The number of carbonyl (C=O) groups excluding carboxylic acids is 3.